The lowest BCUT2D eigenvalue weighted by atomic mass is 9.79. The van der Waals surface area contributed by atoms with Crippen LogP contribution < -0.4 is 0 Å². The molecule has 1 heterocycles. The Morgan fingerprint density at radius 1 is 1.13 bits per heavy atom. The maximum atomic E-state index is 13.2. The standard InChI is InChI=1S/C19H20ClFN2/c1-2-3-13-4-6-14(7-5-13)16-11-22-19(23-12-16)15-8-9-18(21)17(20)10-15/h2-3,8-14H,4-7H2,1H3/b3-2+. The number of rotatable bonds is 3. The fourth-order valence-electron chi connectivity index (χ4n) is 3.25. The van der Waals surface area contributed by atoms with Crippen LogP contribution in [-0.4, -0.2) is 9.97 Å². The summed E-state index contributed by atoms with van der Waals surface area (Å²) >= 11 is 5.82. The quantitative estimate of drug-likeness (QED) is 0.666. The van der Waals surface area contributed by atoms with E-state index in [-0.39, 0.29) is 5.02 Å². The highest BCUT2D eigenvalue weighted by Crippen LogP contribution is 2.36. The van der Waals surface area contributed by atoms with E-state index in [9.17, 15) is 4.39 Å². The van der Waals surface area contributed by atoms with E-state index >= 15 is 0 Å². The molecule has 1 aliphatic carbocycles. The molecule has 0 aliphatic heterocycles. The Balaban J connectivity index is 1.71. The molecule has 1 aromatic carbocycles. The molecule has 0 amide bonds. The van der Waals surface area contributed by atoms with Crippen molar-refractivity contribution < 1.29 is 4.39 Å². The van der Waals surface area contributed by atoms with Crippen LogP contribution in [0.1, 0.15) is 44.1 Å². The molecule has 120 valence electrons. The van der Waals surface area contributed by atoms with Gasteiger partial charge in [0.1, 0.15) is 5.82 Å². The first-order valence-corrected chi connectivity index (χ1v) is 8.45. The second-order valence-electron chi connectivity index (χ2n) is 6.11. The predicted molar refractivity (Wildman–Crippen MR) is 91.9 cm³/mol. The van der Waals surface area contributed by atoms with Gasteiger partial charge in [-0.25, -0.2) is 14.4 Å². The van der Waals surface area contributed by atoms with E-state index < -0.39 is 5.82 Å². The number of aromatic nitrogens is 2. The lowest BCUT2D eigenvalue weighted by Crippen LogP contribution is -2.12. The topological polar surface area (TPSA) is 25.8 Å². The molecule has 0 unspecified atom stereocenters. The summed E-state index contributed by atoms with van der Waals surface area (Å²) in [5.41, 5.74) is 1.93. The highest BCUT2D eigenvalue weighted by molar-refractivity contribution is 6.31. The molecule has 1 fully saturated rings. The van der Waals surface area contributed by atoms with Crippen LogP contribution in [0.25, 0.3) is 11.4 Å². The van der Waals surface area contributed by atoms with Gasteiger partial charge < -0.3 is 0 Å². The number of benzene rings is 1. The van der Waals surface area contributed by atoms with Gasteiger partial charge in [-0.3, -0.25) is 0 Å². The molecule has 1 aliphatic rings. The van der Waals surface area contributed by atoms with Crippen molar-refractivity contribution in [2.24, 2.45) is 5.92 Å². The van der Waals surface area contributed by atoms with Gasteiger partial charge in [0.15, 0.2) is 5.82 Å². The average molecular weight is 331 g/mol. The first kappa shape index (κ1) is 16.1. The largest absolute Gasteiger partial charge is 0.236 e. The summed E-state index contributed by atoms with van der Waals surface area (Å²) in [6.07, 6.45) is 13.1. The number of hydrogen-bond donors (Lipinski definition) is 0. The van der Waals surface area contributed by atoms with Crippen LogP contribution in [0.2, 0.25) is 5.02 Å². The van der Waals surface area contributed by atoms with Crippen LogP contribution in [0.4, 0.5) is 4.39 Å². The smallest absolute Gasteiger partial charge is 0.159 e. The number of hydrogen-bond acceptors (Lipinski definition) is 2. The minimum absolute atomic E-state index is 0.0949. The molecule has 0 saturated heterocycles. The van der Waals surface area contributed by atoms with E-state index in [0.717, 1.165) is 11.5 Å². The Kier molecular flexibility index (Phi) is 5.06. The van der Waals surface area contributed by atoms with Crippen molar-refractivity contribution >= 4 is 11.6 Å². The van der Waals surface area contributed by atoms with Gasteiger partial charge in [0.25, 0.3) is 0 Å². The van der Waals surface area contributed by atoms with Gasteiger partial charge in [-0.15, -0.1) is 0 Å². The van der Waals surface area contributed by atoms with E-state index in [0.29, 0.717) is 11.7 Å². The third-order valence-corrected chi connectivity index (χ3v) is 4.85. The van der Waals surface area contributed by atoms with Crippen LogP contribution in [0, 0.1) is 11.7 Å². The third-order valence-electron chi connectivity index (χ3n) is 4.56. The zero-order valence-electron chi connectivity index (χ0n) is 13.2. The second kappa shape index (κ2) is 7.22. The van der Waals surface area contributed by atoms with E-state index in [1.807, 2.05) is 12.4 Å². The predicted octanol–water partition coefficient (Wildman–Crippen LogP) is 5.79. The van der Waals surface area contributed by atoms with Crippen molar-refractivity contribution in [3.05, 3.63) is 59.1 Å². The van der Waals surface area contributed by atoms with Crippen molar-refractivity contribution in [2.45, 2.75) is 38.5 Å². The zero-order valence-corrected chi connectivity index (χ0v) is 13.9. The monoisotopic (exact) mass is 330 g/mol. The summed E-state index contributed by atoms with van der Waals surface area (Å²) < 4.78 is 13.2. The normalized spacial score (nSPS) is 21.7. The molecule has 0 atom stereocenters. The fraction of sp³-hybridized carbons (Fsp3) is 0.368. The maximum Gasteiger partial charge on any atom is 0.159 e. The Bertz CT molecular complexity index is 689. The molecular formula is C19H20ClFN2. The minimum atomic E-state index is -0.426. The third kappa shape index (κ3) is 3.78. The first-order valence-electron chi connectivity index (χ1n) is 8.07. The van der Waals surface area contributed by atoms with E-state index in [2.05, 4.69) is 29.0 Å². The molecule has 2 nitrogen and oxygen atoms in total. The minimum Gasteiger partial charge on any atom is -0.236 e. The molecule has 2 aromatic rings. The number of nitrogens with zero attached hydrogens (tertiary/aromatic N) is 2. The molecule has 4 heteroatoms. The maximum absolute atomic E-state index is 13.2. The molecule has 0 radical (unpaired) electrons. The summed E-state index contributed by atoms with van der Waals surface area (Å²) in [5.74, 6) is 1.42. The lowest BCUT2D eigenvalue weighted by molar-refractivity contribution is 0.375. The lowest BCUT2D eigenvalue weighted by Gasteiger charge is -2.26. The summed E-state index contributed by atoms with van der Waals surface area (Å²) in [4.78, 5) is 8.89. The Hall–Kier alpha value is -1.74. The summed E-state index contributed by atoms with van der Waals surface area (Å²) in [7, 11) is 0. The van der Waals surface area contributed by atoms with Crippen LogP contribution in [-0.2, 0) is 0 Å². The van der Waals surface area contributed by atoms with Gasteiger partial charge in [0.2, 0.25) is 0 Å². The Labute approximate surface area is 141 Å². The molecule has 3 rings (SSSR count). The van der Waals surface area contributed by atoms with Crippen molar-refractivity contribution in [3.63, 3.8) is 0 Å². The van der Waals surface area contributed by atoms with Gasteiger partial charge in [-0.05, 0) is 68.2 Å². The fourth-order valence-corrected chi connectivity index (χ4v) is 3.43. The molecule has 1 saturated carbocycles. The molecule has 0 bridgehead atoms. The summed E-state index contributed by atoms with van der Waals surface area (Å²) in [6.45, 7) is 2.08. The summed E-state index contributed by atoms with van der Waals surface area (Å²) in [6, 6.07) is 4.56. The molecule has 23 heavy (non-hydrogen) atoms. The van der Waals surface area contributed by atoms with Crippen molar-refractivity contribution in [1.82, 2.24) is 9.97 Å². The van der Waals surface area contributed by atoms with Crippen LogP contribution in [0.3, 0.4) is 0 Å². The molecule has 0 N–H and O–H groups in total. The van der Waals surface area contributed by atoms with Crippen molar-refractivity contribution in [1.29, 1.82) is 0 Å². The van der Waals surface area contributed by atoms with E-state index in [4.69, 9.17) is 11.6 Å². The Morgan fingerprint density at radius 3 is 2.43 bits per heavy atom. The van der Waals surface area contributed by atoms with Crippen molar-refractivity contribution in [3.8, 4) is 11.4 Å². The van der Waals surface area contributed by atoms with Crippen LogP contribution >= 0.6 is 11.6 Å². The van der Waals surface area contributed by atoms with Gasteiger partial charge >= 0.3 is 0 Å². The first-order chi connectivity index (χ1) is 11.2. The number of halogens is 2. The molecule has 0 spiro atoms. The van der Waals surface area contributed by atoms with Gasteiger partial charge in [0, 0.05) is 18.0 Å². The average Bonchev–Trinajstić information content (AvgIpc) is 2.59. The summed E-state index contributed by atoms with van der Waals surface area (Å²) in [5, 5.41) is 0.0949. The Morgan fingerprint density at radius 2 is 1.83 bits per heavy atom. The van der Waals surface area contributed by atoms with Gasteiger partial charge in [-0.1, -0.05) is 23.8 Å². The van der Waals surface area contributed by atoms with Crippen LogP contribution in [0.5, 0.6) is 0 Å². The highest BCUT2D eigenvalue weighted by Gasteiger charge is 2.21. The van der Waals surface area contributed by atoms with Gasteiger partial charge in [0.05, 0.1) is 5.02 Å². The zero-order chi connectivity index (χ0) is 16.2. The van der Waals surface area contributed by atoms with E-state index in [1.165, 1.54) is 37.3 Å². The van der Waals surface area contributed by atoms with Gasteiger partial charge in [-0.2, -0.15) is 0 Å². The van der Waals surface area contributed by atoms with Crippen molar-refractivity contribution in [2.75, 3.05) is 0 Å². The van der Waals surface area contributed by atoms with E-state index in [1.54, 1.807) is 12.1 Å². The molecule has 1 aromatic heterocycles. The van der Waals surface area contributed by atoms with Crippen LogP contribution in [0.15, 0.2) is 42.7 Å². The SMILES string of the molecule is C/C=C/C1CCC(c2cnc(-c3ccc(F)c(Cl)c3)nc2)CC1. The molecular weight excluding hydrogens is 311 g/mol. The number of allylic oxidation sites excluding steroid dienone is 2. The highest BCUT2D eigenvalue weighted by atomic mass is 35.5. The second-order valence-corrected chi connectivity index (χ2v) is 6.51.